The van der Waals surface area contributed by atoms with Crippen LogP contribution in [0.2, 0.25) is 0 Å². The molecule has 1 unspecified atom stereocenters. The molecular formula is C11H13N3O2. The van der Waals surface area contributed by atoms with Crippen LogP contribution in [-0.4, -0.2) is 27.1 Å². The first-order chi connectivity index (χ1) is 7.67. The van der Waals surface area contributed by atoms with Crippen LogP contribution in [0.25, 0.3) is 0 Å². The second-order valence-electron chi connectivity index (χ2n) is 3.25. The number of anilines is 1. The second-order valence-corrected chi connectivity index (χ2v) is 3.25. The molecule has 0 aliphatic rings. The lowest BCUT2D eigenvalue weighted by molar-refractivity contribution is 0.0690. The maximum Gasteiger partial charge on any atom is 0.354 e. The van der Waals surface area contributed by atoms with E-state index in [9.17, 15) is 4.79 Å². The summed E-state index contributed by atoms with van der Waals surface area (Å²) in [5.41, 5.74) is -0.0511. The fraction of sp³-hybridized carbons (Fsp3) is 0.364. The van der Waals surface area contributed by atoms with Crippen LogP contribution in [0.1, 0.15) is 30.3 Å². The van der Waals surface area contributed by atoms with Gasteiger partial charge in [-0.25, -0.2) is 14.8 Å². The molecule has 1 heterocycles. The number of nitrogens with one attached hydrogen (secondary N) is 1. The molecule has 0 amide bonds. The predicted octanol–water partition coefficient (Wildman–Crippen LogP) is 1.39. The molecule has 0 spiro atoms. The van der Waals surface area contributed by atoms with Gasteiger partial charge in [0.1, 0.15) is 12.1 Å². The third-order valence-corrected chi connectivity index (χ3v) is 1.99. The number of nitrogens with zero attached hydrogens (tertiary/aromatic N) is 2. The SMILES string of the molecule is C#CC(CCC)Nc1cc(C(=O)O)ncn1. The standard InChI is InChI=1S/C11H13N3O2/c1-3-5-8(4-2)14-10-6-9(11(15)16)12-7-13-10/h2,6-8H,3,5H2,1H3,(H,15,16)(H,12,13,14). The normalized spacial score (nSPS) is 11.5. The minimum absolute atomic E-state index is 0.0511. The summed E-state index contributed by atoms with van der Waals surface area (Å²) < 4.78 is 0. The summed E-state index contributed by atoms with van der Waals surface area (Å²) in [5.74, 6) is 1.93. The Morgan fingerprint density at radius 3 is 3.00 bits per heavy atom. The summed E-state index contributed by atoms with van der Waals surface area (Å²) >= 11 is 0. The third-order valence-electron chi connectivity index (χ3n) is 1.99. The van der Waals surface area contributed by atoms with Crippen molar-refractivity contribution in [3.05, 3.63) is 18.1 Å². The lowest BCUT2D eigenvalue weighted by Gasteiger charge is -2.12. The summed E-state index contributed by atoms with van der Waals surface area (Å²) in [5, 5.41) is 11.7. The van der Waals surface area contributed by atoms with Crippen molar-refractivity contribution in [2.45, 2.75) is 25.8 Å². The van der Waals surface area contributed by atoms with Gasteiger partial charge in [-0.15, -0.1) is 6.42 Å². The van der Waals surface area contributed by atoms with E-state index in [1.54, 1.807) is 0 Å². The van der Waals surface area contributed by atoms with Gasteiger partial charge in [0.25, 0.3) is 0 Å². The zero-order chi connectivity index (χ0) is 12.0. The summed E-state index contributed by atoms with van der Waals surface area (Å²) in [6.07, 6.45) is 8.28. The molecule has 0 aliphatic heterocycles. The molecule has 0 bridgehead atoms. The van der Waals surface area contributed by atoms with Crippen LogP contribution in [0.5, 0.6) is 0 Å². The van der Waals surface area contributed by atoms with E-state index in [1.165, 1.54) is 12.4 Å². The number of carboxylic acids is 1. The number of carbonyl (C=O) groups is 1. The average molecular weight is 219 g/mol. The zero-order valence-electron chi connectivity index (χ0n) is 8.97. The van der Waals surface area contributed by atoms with E-state index >= 15 is 0 Å². The van der Waals surface area contributed by atoms with Gasteiger partial charge in [0, 0.05) is 6.07 Å². The monoisotopic (exact) mass is 219 g/mol. The fourth-order valence-electron chi connectivity index (χ4n) is 1.22. The number of hydrogen-bond donors (Lipinski definition) is 2. The van der Waals surface area contributed by atoms with E-state index in [0.29, 0.717) is 5.82 Å². The van der Waals surface area contributed by atoms with Crippen molar-refractivity contribution >= 4 is 11.8 Å². The Bertz CT molecular complexity index is 412. The zero-order valence-corrected chi connectivity index (χ0v) is 8.97. The van der Waals surface area contributed by atoms with Crippen molar-refractivity contribution in [1.82, 2.24) is 9.97 Å². The molecule has 5 heteroatoms. The van der Waals surface area contributed by atoms with Gasteiger partial charge in [0.2, 0.25) is 0 Å². The van der Waals surface area contributed by atoms with Crippen LogP contribution in [0.3, 0.4) is 0 Å². The average Bonchev–Trinajstić information content (AvgIpc) is 2.29. The predicted molar refractivity (Wildman–Crippen MR) is 60.1 cm³/mol. The third kappa shape index (κ3) is 3.24. The molecule has 1 rings (SSSR count). The number of rotatable bonds is 5. The Labute approximate surface area is 93.9 Å². The smallest absolute Gasteiger partial charge is 0.354 e. The van der Waals surface area contributed by atoms with Crippen LogP contribution in [-0.2, 0) is 0 Å². The highest BCUT2D eigenvalue weighted by molar-refractivity contribution is 5.86. The molecule has 0 radical (unpaired) electrons. The molecule has 0 saturated heterocycles. The van der Waals surface area contributed by atoms with Gasteiger partial charge in [0.05, 0.1) is 6.04 Å². The summed E-state index contributed by atoms with van der Waals surface area (Å²) in [7, 11) is 0. The van der Waals surface area contributed by atoms with E-state index < -0.39 is 5.97 Å². The molecule has 84 valence electrons. The summed E-state index contributed by atoms with van der Waals surface area (Å²) in [4.78, 5) is 18.2. The van der Waals surface area contributed by atoms with Crippen molar-refractivity contribution in [3.8, 4) is 12.3 Å². The van der Waals surface area contributed by atoms with E-state index in [1.807, 2.05) is 6.92 Å². The molecule has 0 aromatic carbocycles. The first kappa shape index (κ1) is 12.0. The first-order valence-corrected chi connectivity index (χ1v) is 4.95. The number of carboxylic acid groups (broad SMARTS) is 1. The number of hydrogen-bond acceptors (Lipinski definition) is 4. The first-order valence-electron chi connectivity index (χ1n) is 4.95. The van der Waals surface area contributed by atoms with Crippen molar-refractivity contribution in [2.75, 3.05) is 5.32 Å². The highest BCUT2D eigenvalue weighted by atomic mass is 16.4. The molecule has 0 fully saturated rings. The molecule has 0 saturated carbocycles. The maximum absolute atomic E-state index is 10.7. The Hall–Kier alpha value is -2.09. The highest BCUT2D eigenvalue weighted by Gasteiger charge is 2.08. The van der Waals surface area contributed by atoms with E-state index in [-0.39, 0.29) is 11.7 Å². The van der Waals surface area contributed by atoms with Crippen LogP contribution < -0.4 is 5.32 Å². The van der Waals surface area contributed by atoms with Crippen LogP contribution >= 0.6 is 0 Å². The molecule has 2 N–H and O–H groups in total. The molecule has 1 aromatic rings. The van der Waals surface area contributed by atoms with Crippen molar-refractivity contribution in [3.63, 3.8) is 0 Å². The Balaban J connectivity index is 2.77. The molecule has 1 aromatic heterocycles. The Morgan fingerprint density at radius 1 is 1.69 bits per heavy atom. The number of aromatic carboxylic acids is 1. The van der Waals surface area contributed by atoms with Crippen molar-refractivity contribution in [2.24, 2.45) is 0 Å². The Kier molecular flexibility index (Phi) is 4.28. The van der Waals surface area contributed by atoms with Gasteiger partial charge in [-0.05, 0) is 6.42 Å². The van der Waals surface area contributed by atoms with Crippen LogP contribution in [0, 0.1) is 12.3 Å². The van der Waals surface area contributed by atoms with E-state index in [2.05, 4.69) is 21.2 Å². The minimum Gasteiger partial charge on any atom is -0.477 e. The quantitative estimate of drug-likeness (QED) is 0.732. The minimum atomic E-state index is -1.09. The maximum atomic E-state index is 10.7. The van der Waals surface area contributed by atoms with Crippen LogP contribution in [0.4, 0.5) is 5.82 Å². The Morgan fingerprint density at radius 2 is 2.44 bits per heavy atom. The lowest BCUT2D eigenvalue weighted by Crippen LogP contribution is -2.18. The number of aromatic nitrogens is 2. The topological polar surface area (TPSA) is 75.1 Å². The van der Waals surface area contributed by atoms with Crippen molar-refractivity contribution < 1.29 is 9.90 Å². The van der Waals surface area contributed by atoms with Crippen LogP contribution in [0.15, 0.2) is 12.4 Å². The van der Waals surface area contributed by atoms with E-state index in [0.717, 1.165) is 12.8 Å². The summed E-state index contributed by atoms with van der Waals surface area (Å²) in [6.45, 7) is 2.02. The second kappa shape index (κ2) is 5.71. The van der Waals surface area contributed by atoms with Gasteiger partial charge in [-0.2, -0.15) is 0 Å². The van der Waals surface area contributed by atoms with Gasteiger partial charge >= 0.3 is 5.97 Å². The molecule has 16 heavy (non-hydrogen) atoms. The highest BCUT2D eigenvalue weighted by Crippen LogP contribution is 2.08. The largest absolute Gasteiger partial charge is 0.477 e. The fourth-order valence-corrected chi connectivity index (χ4v) is 1.22. The molecule has 1 atom stereocenters. The van der Waals surface area contributed by atoms with Gasteiger partial charge in [0.15, 0.2) is 5.69 Å². The lowest BCUT2D eigenvalue weighted by atomic mass is 10.2. The van der Waals surface area contributed by atoms with Gasteiger partial charge < -0.3 is 10.4 Å². The molecular weight excluding hydrogens is 206 g/mol. The van der Waals surface area contributed by atoms with Crippen molar-refractivity contribution in [1.29, 1.82) is 0 Å². The number of terminal acetylenes is 1. The molecule has 5 nitrogen and oxygen atoms in total. The van der Waals surface area contributed by atoms with Gasteiger partial charge in [-0.1, -0.05) is 19.3 Å². The summed E-state index contributed by atoms with van der Waals surface area (Å²) in [6, 6.07) is 1.23. The van der Waals surface area contributed by atoms with Gasteiger partial charge in [-0.3, -0.25) is 0 Å². The van der Waals surface area contributed by atoms with E-state index in [4.69, 9.17) is 11.5 Å². The molecule has 0 aliphatic carbocycles.